The van der Waals surface area contributed by atoms with Gasteiger partial charge in [-0.3, -0.25) is 0 Å². The molecular weight excluding hydrogens is 314 g/mol. The maximum Gasteiger partial charge on any atom is 0.190 e. The molecule has 3 rings (SSSR count). The van der Waals surface area contributed by atoms with Crippen LogP contribution in [0.15, 0.2) is 5.16 Å². The van der Waals surface area contributed by atoms with Crippen LogP contribution in [-0.4, -0.2) is 27.9 Å². The molecule has 1 atom stereocenters. The molecule has 0 radical (unpaired) electrons. The Labute approximate surface area is 140 Å². The Kier molecular flexibility index (Phi) is 4.36. The Bertz CT molecular complexity index is 696. The zero-order chi connectivity index (χ0) is 15.9. The number of anilines is 1. The molecule has 6 heteroatoms. The van der Waals surface area contributed by atoms with Gasteiger partial charge in [-0.1, -0.05) is 18.7 Å². The van der Waals surface area contributed by atoms with Crippen molar-refractivity contribution >= 4 is 39.1 Å². The molecule has 0 saturated carbocycles. The van der Waals surface area contributed by atoms with Crippen molar-refractivity contribution in [2.24, 2.45) is 0 Å². The second kappa shape index (κ2) is 5.98. The van der Waals surface area contributed by atoms with Gasteiger partial charge in [0.15, 0.2) is 5.16 Å². The summed E-state index contributed by atoms with van der Waals surface area (Å²) in [6, 6.07) is 0.399. The van der Waals surface area contributed by atoms with E-state index in [4.69, 9.17) is 14.7 Å². The number of thiophene rings is 1. The van der Waals surface area contributed by atoms with Crippen LogP contribution in [0.3, 0.4) is 0 Å². The third-order valence-corrected chi connectivity index (χ3v) is 5.74. The van der Waals surface area contributed by atoms with Crippen molar-refractivity contribution in [1.82, 2.24) is 9.97 Å². The monoisotopic (exact) mass is 337 g/mol. The molecule has 22 heavy (non-hydrogen) atoms. The molecule has 0 unspecified atom stereocenters. The average molecular weight is 338 g/mol. The molecular formula is C16H23N3OS2. The number of hydrogen-bond acceptors (Lipinski definition) is 6. The molecule has 0 spiro atoms. The summed E-state index contributed by atoms with van der Waals surface area (Å²) >= 11 is 3.34. The quantitative estimate of drug-likeness (QED) is 0.658. The van der Waals surface area contributed by atoms with E-state index < -0.39 is 0 Å². The van der Waals surface area contributed by atoms with Crippen molar-refractivity contribution in [3.8, 4) is 0 Å². The van der Waals surface area contributed by atoms with Crippen LogP contribution in [0.1, 0.15) is 44.6 Å². The molecule has 0 aliphatic carbocycles. The average Bonchev–Trinajstić information content (AvgIpc) is 2.83. The van der Waals surface area contributed by atoms with Gasteiger partial charge in [0, 0.05) is 17.3 Å². The van der Waals surface area contributed by atoms with Gasteiger partial charge in [-0.05, 0) is 39.0 Å². The second-order valence-corrected chi connectivity index (χ2v) is 8.28. The zero-order valence-electron chi connectivity index (χ0n) is 13.8. The van der Waals surface area contributed by atoms with Gasteiger partial charge in [-0.15, -0.1) is 11.3 Å². The minimum Gasteiger partial charge on any atom is -0.370 e. The van der Waals surface area contributed by atoms with Crippen LogP contribution in [0.2, 0.25) is 0 Å². The second-order valence-electron chi connectivity index (χ2n) is 6.42. The van der Waals surface area contributed by atoms with E-state index in [1.54, 1.807) is 23.1 Å². The smallest absolute Gasteiger partial charge is 0.190 e. The van der Waals surface area contributed by atoms with Gasteiger partial charge in [0.1, 0.15) is 10.6 Å². The molecule has 0 fully saturated rings. The first kappa shape index (κ1) is 16.0. The summed E-state index contributed by atoms with van der Waals surface area (Å²) in [5, 5.41) is 5.61. The highest BCUT2D eigenvalue weighted by Crippen LogP contribution is 2.41. The Balaban J connectivity index is 2.16. The number of aromatic nitrogens is 2. The minimum absolute atomic E-state index is 0.118. The van der Waals surface area contributed by atoms with E-state index in [-0.39, 0.29) is 5.60 Å². The molecule has 0 saturated heterocycles. The Morgan fingerprint density at radius 2 is 2.18 bits per heavy atom. The number of hydrogen-bond donors (Lipinski definition) is 1. The largest absolute Gasteiger partial charge is 0.370 e. The third kappa shape index (κ3) is 2.96. The predicted octanol–water partition coefficient (Wildman–Crippen LogP) is 4.47. The Morgan fingerprint density at radius 1 is 1.41 bits per heavy atom. The lowest BCUT2D eigenvalue weighted by Crippen LogP contribution is -2.31. The molecule has 2 aromatic heterocycles. The number of nitrogens with one attached hydrogen (secondary N) is 1. The van der Waals surface area contributed by atoms with Gasteiger partial charge in [-0.2, -0.15) is 0 Å². The predicted molar refractivity (Wildman–Crippen MR) is 95.1 cm³/mol. The number of rotatable bonds is 4. The van der Waals surface area contributed by atoms with Crippen LogP contribution >= 0.6 is 23.1 Å². The summed E-state index contributed by atoms with van der Waals surface area (Å²) in [5.41, 5.74) is 1.25. The molecule has 3 heterocycles. The summed E-state index contributed by atoms with van der Waals surface area (Å²) < 4.78 is 5.96. The lowest BCUT2D eigenvalue weighted by atomic mass is 9.94. The van der Waals surface area contributed by atoms with Gasteiger partial charge in [0.25, 0.3) is 0 Å². The normalized spacial score (nSPS) is 18.2. The van der Waals surface area contributed by atoms with Crippen molar-refractivity contribution in [3.05, 3.63) is 10.4 Å². The van der Waals surface area contributed by atoms with Crippen LogP contribution < -0.4 is 5.32 Å². The van der Waals surface area contributed by atoms with Gasteiger partial charge < -0.3 is 10.1 Å². The fraction of sp³-hybridized carbons (Fsp3) is 0.625. The van der Waals surface area contributed by atoms with Crippen LogP contribution in [0.4, 0.5) is 5.82 Å². The first-order chi connectivity index (χ1) is 10.4. The van der Waals surface area contributed by atoms with Crippen molar-refractivity contribution < 1.29 is 4.74 Å². The molecule has 0 amide bonds. The van der Waals surface area contributed by atoms with Crippen molar-refractivity contribution in [2.75, 3.05) is 11.6 Å². The summed E-state index contributed by atoms with van der Waals surface area (Å²) in [6.07, 6.45) is 4.01. The van der Waals surface area contributed by atoms with Gasteiger partial charge in [0.05, 0.1) is 17.6 Å². The molecule has 0 aromatic carbocycles. The molecule has 120 valence electrons. The maximum atomic E-state index is 5.96. The SMILES string of the molecule is CC[C@H](C)Nc1nc(SC)nc2sc3c(c12)CC(C)(C)OC3. The molecule has 1 N–H and O–H groups in total. The fourth-order valence-corrected chi connectivity index (χ4v) is 4.18. The van der Waals surface area contributed by atoms with E-state index in [2.05, 4.69) is 33.0 Å². The Morgan fingerprint density at radius 3 is 2.86 bits per heavy atom. The van der Waals surface area contributed by atoms with E-state index in [9.17, 15) is 0 Å². The zero-order valence-corrected chi connectivity index (χ0v) is 15.5. The highest BCUT2D eigenvalue weighted by molar-refractivity contribution is 7.98. The van der Waals surface area contributed by atoms with E-state index in [0.717, 1.165) is 28.6 Å². The fourth-order valence-electron chi connectivity index (χ4n) is 2.66. The summed E-state index contributed by atoms with van der Waals surface area (Å²) in [6.45, 7) is 9.36. The lowest BCUT2D eigenvalue weighted by molar-refractivity contribution is -0.0379. The highest BCUT2D eigenvalue weighted by atomic mass is 32.2. The molecule has 2 aromatic rings. The van der Waals surface area contributed by atoms with Crippen molar-refractivity contribution in [2.45, 2.75) is 63.9 Å². The van der Waals surface area contributed by atoms with E-state index >= 15 is 0 Å². The van der Waals surface area contributed by atoms with E-state index in [1.165, 1.54) is 15.8 Å². The van der Waals surface area contributed by atoms with Gasteiger partial charge >= 0.3 is 0 Å². The first-order valence-corrected chi connectivity index (χ1v) is 9.74. The topological polar surface area (TPSA) is 47.0 Å². The molecule has 1 aliphatic rings. The number of nitrogens with zero attached hydrogens (tertiary/aromatic N) is 2. The highest BCUT2D eigenvalue weighted by Gasteiger charge is 2.31. The third-order valence-electron chi connectivity index (χ3n) is 4.09. The number of ether oxygens (including phenoxy) is 1. The van der Waals surface area contributed by atoms with E-state index in [0.29, 0.717) is 12.6 Å². The van der Waals surface area contributed by atoms with Crippen LogP contribution in [0.25, 0.3) is 10.2 Å². The lowest BCUT2D eigenvalue weighted by Gasteiger charge is -2.30. The molecule has 4 nitrogen and oxygen atoms in total. The van der Waals surface area contributed by atoms with Crippen LogP contribution in [-0.2, 0) is 17.8 Å². The van der Waals surface area contributed by atoms with Gasteiger partial charge in [0.2, 0.25) is 0 Å². The minimum atomic E-state index is -0.118. The van der Waals surface area contributed by atoms with Crippen molar-refractivity contribution in [1.29, 1.82) is 0 Å². The van der Waals surface area contributed by atoms with E-state index in [1.807, 2.05) is 6.26 Å². The molecule has 0 bridgehead atoms. The standard InChI is InChI=1S/C16H23N3OS2/c1-6-9(2)17-13-12-10-7-16(3,4)20-8-11(10)22-14(12)19-15(18-13)21-5/h9H,6-8H2,1-5H3,(H,17,18,19)/t9-/m0/s1. The summed E-state index contributed by atoms with van der Waals surface area (Å²) in [5.74, 6) is 0.985. The van der Waals surface area contributed by atoms with Crippen molar-refractivity contribution in [3.63, 3.8) is 0 Å². The van der Waals surface area contributed by atoms with Gasteiger partial charge in [-0.25, -0.2) is 9.97 Å². The van der Waals surface area contributed by atoms with Crippen LogP contribution in [0, 0.1) is 0 Å². The first-order valence-electron chi connectivity index (χ1n) is 7.70. The summed E-state index contributed by atoms with van der Waals surface area (Å²) in [4.78, 5) is 11.8. The number of thioether (sulfide) groups is 1. The van der Waals surface area contributed by atoms with Crippen LogP contribution in [0.5, 0.6) is 0 Å². The molecule has 1 aliphatic heterocycles. The maximum absolute atomic E-state index is 5.96. The number of fused-ring (bicyclic) bond motifs is 3. The Hall–Kier alpha value is -0.850. The summed E-state index contributed by atoms with van der Waals surface area (Å²) in [7, 11) is 0.